The lowest BCUT2D eigenvalue weighted by Crippen LogP contribution is -2.50. The third-order valence-corrected chi connectivity index (χ3v) is 5.07. The molecule has 2 aliphatic heterocycles. The average Bonchev–Trinajstić information content (AvgIpc) is 2.83. The van der Waals surface area contributed by atoms with Gasteiger partial charge in [-0.15, -0.1) is 0 Å². The van der Waals surface area contributed by atoms with Crippen LogP contribution in [0.15, 0.2) is 18.2 Å². The summed E-state index contributed by atoms with van der Waals surface area (Å²) in [6.07, 6.45) is 3.30. The second-order valence-corrected chi connectivity index (χ2v) is 8.51. The smallest absolute Gasteiger partial charge is 0.410 e. The SMILES string of the molecule is COC(=O)c1cc(C)cc(OC2CC3CCC(C2)N3C(=O)OC(C)(C)C)c1. The van der Waals surface area contributed by atoms with Gasteiger partial charge in [-0.1, -0.05) is 0 Å². The molecular weight excluding hydrogens is 346 g/mol. The van der Waals surface area contributed by atoms with E-state index in [9.17, 15) is 9.59 Å². The van der Waals surface area contributed by atoms with Crippen LogP contribution in [0.2, 0.25) is 0 Å². The maximum atomic E-state index is 12.5. The van der Waals surface area contributed by atoms with Crippen molar-refractivity contribution in [3.63, 3.8) is 0 Å². The Morgan fingerprint density at radius 3 is 2.26 bits per heavy atom. The molecule has 0 aromatic heterocycles. The van der Waals surface area contributed by atoms with Crippen molar-refractivity contribution in [2.75, 3.05) is 7.11 Å². The molecule has 6 heteroatoms. The van der Waals surface area contributed by atoms with Crippen LogP contribution in [0.4, 0.5) is 4.79 Å². The van der Waals surface area contributed by atoms with Crippen LogP contribution in [0, 0.1) is 6.92 Å². The summed E-state index contributed by atoms with van der Waals surface area (Å²) in [5.74, 6) is 0.300. The fourth-order valence-corrected chi connectivity index (χ4v) is 4.08. The highest BCUT2D eigenvalue weighted by Gasteiger charge is 2.45. The van der Waals surface area contributed by atoms with Gasteiger partial charge < -0.3 is 19.1 Å². The van der Waals surface area contributed by atoms with E-state index in [1.807, 2.05) is 38.7 Å². The zero-order valence-electron chi connectivity index (χ0n) is 16.8. The van der Waals surface area contributed by atoms with Crippen molar-refractivity contribution in [3.05, 3.63) is 29.3 Å². The molecule has 0 aliphatic carbocycles. The maximum Gasteiger partial charge on any atom is 0.410 e. The molecule has 0 N–H and O–H groups in total. The van der Waals surface area contributed by atoms with Crippen molar-refractivity contribution in [3.8, 4) is 5.75 Å². The molecule has 1 aromatic rings. The molecule has 1 aromatic carbocycles. The van der Waals surface area contributed by atoms with Crippen LogP contribution in [-0.4, -0.2) is 47.9 Å². The summed E-state index contributed by atoms with van der Waals surface area (Å²) < 4.78 is 16.6. The van der Waals surface area contributed by atoms with Crippen molar-refractivity contribution in [2.24, 2.45) is 0 Å². The first kappa shape index (κ1) is 19.5. The molecule has 0 saturated carbocycles. The summed E-state index contributed by atoms with van der Waals surface area (Å²) in [6.45, 7) is 7.59. The Labute approximate surface area is 160 Å². The summed E-state index contributed by atoms with van der Waals surface area (Å²) in [5.41, 5.74) is 0.944. The number of aryl methyl sites for hydroxylation is 1. The number of carbonyl (C=O) groups is 2. The summed E-state index contributed by atoms with van der Waals surface area (Å²) in [6, 6.07) is 5.73. The lowest BCUT2D eigenvalue weighted by Gasteiger charge is -2.39. The number of amides is 1. The van der Waals surface area contributed by atoms with Crippen LogP contribution < -0.4 is 4.74 Å². The van der Waals surface area contributed by atoms with E-state index in [0.717, 1.165) is 31.2 Å². The van der Waals surface area contributed by atoms with Crippen LogP contribution in [0.3, 0.4) is 0 Å². The van der Waals surface area contributed by atoms with Gasteiger partial charge in [0.15, 0.2) is 0 Å². The molecule has 6 nitrogen and oxygen atoms in total. The van der Waals surface area contributed by atoms with Gasteiger partial charge in [0, 0.05) is 24.9 Å². The second-order valence-electron chi connectivity index (χ2n) is 8.51. The first-order chi connectivity index (χ1) is 12.7. The third-order valence-electron chi connectivity index (χ3n) is 5.07. The van der Waals surface area contributed by atoms with Crippen molar-refractivity contribution < 1.29 is 23.8 Å². The monoisotopic (exact) mass is 375 g/mol. The van der Waals surface area contributed by atoms with Crippen LogP contribution in [0.5, 0.6) is 5.75 Å². The minimum atomic E-state index is -0.490. The highest BCUT2D eigenvalue weighted by atomic mass is 16.6. The molecule has 0 spiro atoms. The van der Waals surface area contributed by atoms with E-state index in [-0.39, 0.29) is 30.3 Å². The number of fused-ring (bicyclic) bond motifs is 2. The number of hydrogen-bond acceptors (Lipinski definition) is 5. The van der Waals surface area contributed by atoms with Crippen molar-refractivity contribution in [2.45, 2.75) is 77.2 Å². The molecule has 0 radical (unpaired) electrons. The summed E-state index contributed by atoms with van der Waals surface area (Å²) >= 11 is 0. The third kappa shape index (κ3) is 4.54. The fraction of sp³-hybridized carbons (Fsp3) is 0.619. The molecule has 2 aliphatic rings. The van der Waals surface area contributed by atoms with E-state index in [4.69, 9.17) is 14.2 Å². The summed E-state index contributed by atoms with van der Waals surface area (Å²) in [5, 5.41) is 0. The van der Waals surface area contributed by atoms with Gasteiger partial charge >= 0.3 is 12.1 Å². The molecule has 2 atom stereocenters. The van der Waals surface area contributed by atoms with Gasteiger partial charge in [-0.05, 0) is 64.3 Å². The van der Waals surface area contributed by atoms with E-state index in [0.29, 0.717) is 11.3 Å². The highest BCUT2D eigenvalue weighted by Crippen LogP contribution is 2.38. The van der Waals surface area contributed by atoms with Crippen molar-refractivity contribution in [1.29, 1.82) is 0 Å². The quantitative estimate of drug-likeness (QED) is 0.745. The molecule has 2 heterocycles. The molecule has 2 unspecified atom stereocenters. The van der Waals surface area contributed by atoms with Crippen molar-refractivity contribution >= 4 is 12.1 Å². The Morgan fingerprint density at radius 1 is 1.07 bits per heavy atom. The Balaban J connectivity index is 1.68. The molecule has 3 rings (SSSR count). The predicted molar refractivity (Wildman–Crippen MR) is 101 cm³/mol. The zero-order valence-corrected chi connectivity index (χ0v) is 16.8. The number of methoxy groups -OCH3 is 1. The Bertz CT molecular complexity index is 710. The van der Waals surface area contributed by atoms with Crippen LogP contribution in [0.25, 0.3) is 0 Å². The number of esters is 1. The van der Waals surface area contributed by atoms with Crippen LogP contribution in [-0.2, 0) is 9.47 Å². The Kier molecular flexibility index (Phi) is 5.36. The second kappa shape index (κ2) is 7.41. The van der Waals surface area contributed by atoms with Gasteiger partial charge in [-0.2, -0.15) is 0 Å². The van der Waals surface area contributed by atoms with E-state index >= 15 is 0 Å². The zero-order chi connectivity index (χ0) is 19.8. The Morgan fingerprint density at radius 2 is 1.70 bits per heavy atom. The van der Waals surface area contributed by atoms with Crippen LogP contribution >= 0.6 is 0 Å². The van der Waals surface area contributed by atoms with Gasteiger partial charge in [-0.3, -0.25) is 0 Å². The van der Waals surface area contributed by atoms with Gasteiger partial charge in [0.05, 0.1) is 12.7 Å². The molecule has 2 saturated heterocycles. The van der Waals surface area contributed by atoms with Crippen molar-refractivity contribution in [1.82, 2.24) is 4.90 Å². The van der Waals surface area contributed by atoms with E-state index < -0.39 is 5.60 Å². The number of piperidine rings is 1. The maximum absolute atomic E-state index is 12.5. The molecule has 2 bridgehead atoms. The number of carbonyl (C=O) groups excluding carboxylic acids is 2. The van der Waals surface area contributed by atoms with E-state index in [1.54, 1.807) is 12.1 Å². The largest absolute Gasteiger partial charge is 0.490 e. The van der Waals surface area contributed by atoms with Crippen LogP contribution in [0.1, 0.15) is 62.4 Å². The first-order valence-electron chi connectivity index (χ1n) is 9.54. The number of hydrogen-bond donors (Lipinski definition) is 0. The van der Waals surface area contributed by atoms with Gasteiger partial charge in [0.1, 0.15) is 17.5 Å². The van der Waals surface area contributed by atoms with Gasteiger partial charge in [0.25, 0.3) is 0 Å². The predicted octanol–water partition coefficient (Wildman–Crippen LogP) is 4.09. The molecule has 1 amide bonds. The highest BCUT2D eigenvalue weighted by molar-refractivity contribution is 5.90. The Hall–Kier alpha value is -2.24. The summed E-state index contributed by atoms with van der Waals surface area (Å²) in [7, 11) is 1.37. The number of benzene rings is 1. The minimum Gasteiger partial charge on any atom is -0.490 e. The van der Waals surface area contributed by atoms with Gasteiger partial charge in [0.2, 0.25) is 0 Å². The molecule has 27 heavy (non-hydrogen) atoms. The number of nitrogens with zero attached hydrogens (tertiary/aromatic N) is 1. The number of ether oxygens (including phenoxy) is 3. The van der Waals surface area contributed by atoms with E-state index in [1.165, 1.54) is 7.11 Å². The standard InChI is InChI=1S/C21H29NO5/c1-13-8-14(19(23)25-5)10-17(9-13)26-18-11-15-6-7-16(12-18)22(15)20(24)27-21(2,3)4/h8-10,15-16,18H,6-7,11-12H2,1-5H3. The fourth-order valence-electron chi connectivity index (χ4n) is 4.08. The van der Waals surface area contributed by atoms with E-state index in [2.05, 4.69) is 0 Å². The minimum absolute atomic E-state index is 0.0217. The topological polar surface area (TPSA) is 65.1 Å². The number of rotatable bonds is 3. The average molecular weight is 375 g/mol. The molecule has 2 fully saturated rings. The van der Waals surface area contributed by atoms with Gasteiger partial charge in [-0.25, -0.2) is 9.59 Å². The first-order valence-corrected chi connectivity index (χ1v) is 9.54. The lowest BCUT2D eigenvalue weighted by molar-refractivity contribution is -0.00713. The normalized spacial score (nSPS) is 24.5. The summed E-state index contributed by atoms with van der Waals surface area (Å²) in [4.78, 5) is 26.3. The molecular formula is C21H29NO5. The lowest BCUT2D eigenvalue weighted by atomic mass is 10.00. The molecule has 148 valence electrons.